The second-order valence-corrected chi connectivity index (χ2v) is 2.36. The number of nitrogens with one attached hydrogen (secondary N) is 1. The average Bonchev–Trinajstić information content (AvgIpc) is 2.34. The van der Waals surface area contributed by atoms with Crippen molar-refractivity contribution in [3.05, 3.63) is 0 Å². The fourth-order valence-corrected chi connectivity index (χ4v) is 1.06. The summed E-state index contributed by atoms with van der Waals surface area (Å²) >= 11 is 0. The molecule has 4 nitrogen and oxygen atoms in total. The van der Waals surface area contributed by atoms with Crippen LogP contribution in [0, 0.1) is 5.92 Å². The second-order valence-electron chi connectivity index (χ2n) is 2.36. The van der Waals surface area contributed by atoms with Crippen molar-refractivity contribution in [3.63, 3.8) is 0 Å². The minimum absolute atomic E-state index is 0. The minimum Gasteiger partial charge on any atom is -0.469 e. The Bertz CT molecular complexity index is 142. The molecular weight excluding hydrogens is 170 g/mol. The lowest BCUT2D eigenvalue weighted by atomic mass is 10.1. The van der Waals surface area contributed by atoms with Gasteiger partial charge in [-0.2, -0.15) is 0 Å². The third-order valence-corrected chi connectivity index (χ3v) is 1.69. The molecule has 66 valence electrons. The van der Waals surface area contributed by atoms with Crippen LogP contribution in [-0.4, -0.2) is 37.4 Å². The van der Waals surface area contributed by atoms with Crippen LogP contribution in [0.1, 0.15) is 0 Å². The van der Waals surface area contributed by atoms with E-state index in [1.807, 2.05) is 0 Å². The van der Waals surface area contributed by atoms with Gasteiger partial charge in [-0.3, -0.25) is 4.79 Å². The molecule has 1 aliphatic heterocycles. The maximum Gasteiger partial charge on any atom is 0.312 e. The average molecular weight is 182 g/mol. The maximum absolute atomic E-state index is 10.8. The number of carbonyl (C=O) groups excluding carboxylic acids is 1. The molecule has 1 rings (SSSR count). The number of carbonyl (C=O) groups is 1. The Morgan fingerprint density at radius 2 is 2.27 bits per heavy atom. The van der Waals surface area contributed by atoms with Crippen LogP contribution in [0.3, 0.4) is 0 Å². The number of aliphatic hydroxyl groups excluding tert-OH is 1. The van der Waals surface area contributed by atoms with E-state index in [1.54, 1.807) is 0 Å². The first kappa shape index (κ1) is 10.7. The SMILES string of the molecule is COC(=O)[C@@H]1CNC[C@H]1O.Cl. The summed E-state index contributed by atoms with van der Waals surface area (Å²) in [6, 6.07) is 0. The highest BCUT2D eigenvalue weighted by molar-refractivity contribution is 5.85. The van der Waals surface area contributed by atoms with Gasteiger partial charge < -0.3 is 15.2 Å². The molecule has 0 unspecified atom stereocenters. The fourth-order valence-electron chi connectivity index (χ4n) is 1.06. The van der Waals surface area contributed by atoms with Crippen LogP contribution in [0.15, 0.2) is 0 Å². The standard InChI is InChI=1S/C6H11NO3.ClH/c1-10-6(9)4-2-7-3-5(4)8;/h4-5,7-8H,2-3H2,1H3;1H/t4-,5-;/m1./s1. The molecule has 0 aromatic heterocycles. The third-order valence-electron chi connectivity index (χ3n) is 1.69. The molecule has 1 saturated heterocycles. The highest BCUT2D eigenvalue weighted by Gasteiger charge is 2.31. The normalized spacial score (nSPS) is 29.3. The van der Waals surface area contributed by atoms with Crippen LogP contribution < -0.4 is 5.32 Å². The van der Waals surface area contributed by atoms with Gasteiger partial charge in [0, 0.05) is 13.1 Å². The lowest BCUT2D eigenvalue weighted by Gasteiger charge is -2.08. The van der Waals surface area contributed by atoms with E-state index in [4.69, 9.17) is 5.11 Å². The van der Waals surface area contributed by atoms with E-state index in [2.05, 4.69) is 10.1 Å². The quantitative estimate of drug-likeness (QED) is 0.518. The molecule has 0 spiro atoms. The van der Waals surface area contributed by atoms with Gasteiger partial charge in [-0.15, -0.1) is 12.4 Å². The maximum atomic E-state index is 10.8. The van der Waals surface area contributed by atoms with Gasteiger partial charge in [0.05, 0.1) is 19.1 Å². The van der Waals surface area contributed by atoms with Gasteiger partial charge in [0.2, 0.25) is 0 Å². The number of hydrogen-bond donors (Lipinski definition) is 2. The molecular formula is C6H12ClNO3. The zero-order chi connectivity index (χ0) is 7.56. The lowest BCUT2D eigenvalue weighted by molar-refractivity contribution is -0.147. The molecule has 0 aromatic carbocycles. The van der Waals surface area contributed by atoms with E-state index in [9.17, 15) is 4.79 Å². The van der Waals surface area contributed by atoms with Gasteiger partial charge in [0.25, 0.3) is 0 Å². The highest BCUT2D eigenvalue weighted by Crippen LogP contribution is 2.09. The first-order valence-corrected chi connectivity index (χ1v) is 3.22. The van der Waals surface area contributed by atoms with Gasteiger partial charge in [0.1, 0.15) is 0 Å². The van der Waals surface area contributed by atoms with Gasteiger partial charge in [-0.25, -0.2) is 0 Å². The zero-order valence-corrected chi connectivity index (χ0v) is 7.06. The molecule has 0 aliphatic carbocycles. The molecule has 0 aromatic rings. The van der Waals surface area contributed by atoms with Gasteiger partial charge >= 0.3 is 5.97 Å². The molecule has 5 heteroatoms. The summed E-state index contributed by atoms with van der Waals surface area (Å²) in [6.07, 6.45) is -0.576. The largest absolute Gasteiger partial charge is 0.469 e. The van der Waals surface area contributed by atoms with Crippen molar-refractivity contribution in [1.29, 1.82) is 0 Å². The number of esters is 1. The molecule has 0 amide bonds. The number of halogens is 1. The number of aliphatic hydroxyl groups is 1. The van der Waals surface area contributed by atoms with Gasteiger partial charge in [-0.1, -0.05) is 0 Å². The molecule has 1 heterocycles. The van der Waals surface area contributed by atoms with Crippen molar-refractivity contribution in [2.75, 3.05) is 20.2 Å². The number of methoxy groups -OCH3 is 1. The number of hydrogen-bond acceptors (Lipinski definition) is 4. The van der Waals surface area contributed by atoms with E-state index in [0.29, 0.717) is 13.1 Å². The Morgan fingerprint density at radius 1 is 1.64 bits per heavy atom. The van der Waals surface area contributed by atoms with Crippen LogP contribution in [0.2, 0.25) is 0 Å². The molecule has 2 N–H and O–H groups in total. The van der Waals surface area contributed by atoms with Crippen molar-refractivity contribution in [2.24, 2.45) is 5.92 Å². The van der Waals surface area contributed by atoms with Crippen molar-refractivity contribution in [2.45, 2.75) is 6.10 Å². The van der Waals surface area contributed by atoms with Gasteiger partial charge in [-0.05, 0) is 0 Å². The molecule has 1 aliphatic rings. The predicted molar refractivity (Wildman–Crippen MR) is 41.6 cm³/mol. The van der Waals surface area contributed by atoms with Crippen molar-refractivity contribution in [3.8, 4) is 0 Å². The number of ether oxygens (including phenoxy) is 1. The molecule has 0 radical (unpaired) electrons. The predicted octanol–water partition coefficient (Wildman–Crippen LogP) is -0.839. The van der Waals surface area contributed by atoms with E-state index in [-0.39, 0.29) is 24.3 Å². The summed E-state index contributed by atoms with van der Waals surface area (Å²) < 4.78 is 4.47. The third kappa shape index (κ3) is 2.32. The van der Waals surface area contributed by atoms with Crippen LogP contribution >= 0.6 is 12.4 Å². The van der Waals surface area contributed by atoms with E-state index < -0.39 is 6.10 Å². The van der Waals surface area contributed by atoms with E-state index in [0.717, 1.165) is 0 Å². The van der Waals surface area contributed by atoms with Crippen molar-refractivity contribution < 1.29 is 14.6 Å². The second kappa shape index (κ2) is 4.54. The summed E-state index contributed by atoms with van der Waals surface area (Å²) in [5.74, 6) is -0.706. The van der Waals surface area contributed by atoms with E-state index in [1.165, 1.54) is 7.11 Å². The molecule has 1 fully saturated rings. The molecule has 11 heavy (non-hydrogen) atoms. The lowest BCUT2D eigenvalue weighted by Crippen LogP contribution is -2.27. The van der Waals surface area contributed by atoms with Crippen LogP contribution in [0.5, 0.6) is 0 Å². The smallest absolute Gasteiger partial charge is 0.312 e. The molecule has 0 saturated carbocycles. The summed E-state index contributed by atoms with van der Waals surface area (Å²) in [7, 11) is 1.33. The first-order valence-electron chi connectivity index (χ1n) is 3.22. The Hall–Kier alpha value is -0.320. The number of β-amino-alcohol motifs (C(OH)–C–C–N with tert-alkyl or cyclic N) is 1. The summed E-state index contributed by atoms with van der Waals surface area (Å²) in [4.78, 5) is 10.8. The highest BCUT2D eigenvalue weighted by atomic mass is 35.5. The zero-order valence-electron chi connectivity index (χ0n) is 6.24. The summed E-state index contributed by atoms with van der Waals surface area (Å²) in [5.41, 5.74) is 0. The Morgan fingerprint density at radius 3 is 2.64 bits per heavy atom. The minimum atomic E-state index is -0.576. The summed E-state index contributed by atoms with van der Waals surface area (Å²) in [6.45, 7) is 1.01. The fraction of sp³-hybridized carbons (Fsp3) is 0.833. The van der Waals surface area contributed by atoms with Gasteiger partial charge in [0.15, 0.2) is 0 Å². The summed E-state index contributed by atoms with van der Waals surface area (Å²) in [5, 5.41) is 12.0. The van der Waals surface area contributed by atoms with Crippen LogP contribution in [0.25, 0.3) is 0 Å². The molecule has 0 bridgehead atoms. The molecule has 2 atom stereocenters. The topological polar surface area (TPSA) is 58.6 Å². The van der Waals surface area contributed by atoms with Crippen LogP contribution in [0.4, 0.5) is 0 Å². The Balaban J connectivity index is 0.000001000. The van der Waals surface area contributed by atoms with Crippen LogP contribution in [-0.2, 0) is 9.53 Å². The Labute approximate surface area is 71.3 Å². The Kier molecular flexibility index (Phi) is 4.40. The van der Waals surface area contributed by atoms with E-state index >= 15 is 0 Å². The van der Waals surface area contributed by atoms with Crippen molar-refractivity contribution in [1.82, 2.24) is 5.32 Å². The number of rotatable bonds is 1. The van der Waals surface area contributed by atoms with Crippen molar-refractivity contribution >= 4 is 18.4 Å². The first-order chi connectivity index (χ1) is 4.75. The monoisotopic (exact) mass is 181 g/mol.